The van der Waals surface area contributed by atoms with Crippen molar-refractivity contribution in [1.29, 1.82) is 0 Å². The third-order valence-electron chi connectivity index (χ3n) is 4.82. The molecule has 0 bridgehead atoms. The number of hydrogen-bond donors (Lipinski definition) is 0. The molecule has 0 saturated heterocycles. The van der Waals surface area contributed by atoms with Gasteiger partial charge < -0.3 is 0 Å². The zero-order chi connectivity index (χ0) is 16.4. The summed E-state index contributed by atoms with van der Waals surface area (Å²) in [6, 6.07) is 21.7. The Labute approximate surface area is 140 Å². The number of fused-ring (bicyclic) bond motifs is 1. The summed E-state index contributed by atoms with van der Waals surface area (Å²) < 4.78 is 0. The highest BCUT2D eigenvalue weighted by Crippen LogP contribution is 2.45. The van der Waals surface area contributed by atoms with Crippen LogP contribution in [0.4, 0.5) is 0 Å². The minimum atomic E-state index is 0.486. The number of aromatic nitrogens is 1. The van der Waals surface area contributed by atoms with Crippen molar-refractivity contribution in [2.75, 3.05) is 6.54 Å². The smallest absolute Gasteiger partial charge is 0.0744 e. The van der Waals surface area contributed by atoms with Crippen LogP contribution in [-0.4, -0.2) is 11.5 Å². The fourth-order valence-electron chi connectivity index (χ4n) is 3.50. The summed E-state index contributed by atoms with van der Waals surface area (Å²) in [6.45, 7) is 0.601. The van der Waals surface area contributed by atoms with Gasteiger partial charge in [-0.1, -0.05) is 47.6 Å². The van der Waals surface area contributed by atoms with Crippen LogP contribution >= 0.6 is 0 Å². The second-order valence-electron chi connectivity index (χ2n) is 6.36. The molecule has 4 heteroatoms. The molecule has 0 amide bonds. The lowest BCUT2D eigenvalue weighted by Crippen LogP contribution is -2.24. The minimum Gasteiger partial charge on any atom is -0.247 e. The first kappa shape index (κ1) is 14.7. The first-order valence-electron chi connectivity index (χ1n) is 8.22. The molecule has 1 aliphatic rings. The Kier molecular flexibility index (Phi) is 3.89. The Morgan fingerprint density at radius 1 is 1.21 bits per heavy atom. The zero-order valence-electron chi connectivity index (χ0n) is 13.3. The fraction of sp³-hybridized carbons (Fsp3) is 0.250. The molecule has 0 N–H and O–H groups in total. The summed E-state index contributed by atoms with van der Waals surface area (Å²) in [5, 5.41) is 4.87. The fourth-order valence-corrected chi connectivity index (χ4v) is 3.50. The molecular weight excluding hydrogens is 296 g/mol. The number of hydrogen-bond acceptors (Lipinski definition) is 2. The molecule has 0 aliphatic heterocycles. The maximum atomic E-state index is 8.47. The SMILES string of the molecule is [N-]=[N+]=NCC1CC(c2cc3cc[c]cc3nc2-c2ccccc2)C1. The molecule has 1 heterocycles. The highest BCUT2D eigenvalue weighted by atomic mass is 15.1. The van der Waals surface area contributed by atoms with Gasteiger partial charge in [0.25, 0.3) is 0 Å². The van der Waals surface area contributed by atoms with E-state index in [1.165, 1.54) is 5.56 Å². The van der Waals surface area contributed by atoms with Gasteiger partial charge in [-0.25, -0.2) is 4.98 Å². The topological polar surface area (TPSA) is 61.7 Å². The van der Waals surface area contributed by atoms with Crippen molar-refractivity contribution in [3.63, 3.8) is 0 Å². The van der Waals surface area contributed by atoms with Crippen LogP contribution in [0.5, 0.6) is 0 Å². The normalized spacial score (nSPS) is 19.5. The van der Waals surface area contributed by atoms with Crippen molar-refractivity contribution in [3.05, 3.63) is 76.7 Å². The lowest BCUT2D eigenvalue weighted by Gasteiger charge is -2.35. The Morgan fingerprint density at radius 3 is 2.83 bits per heavy atom. The van der Waals surface area contributed by atoms with Gasteiger partial charge >= 0.3 is 0 Å². The van der Waals surface area contributed by atoms with Gasteiger partial charge in [0.2, 0.25) is 0 Å². The van der Waals surface area contributed by atoms with Gasteiger partial charge in [0.05, 0.1) is 11.2 Å². The van der Waals surface area contributed by atoms with E-state index in [4.69, 9.17) is 10.5 Å². The summed E-state index contributed by atoms with van der Waals surface area (Å²) in [7, 11) is 0. The van der Waals surface area contributed by atoms with Crippen molar-refractivity contribution in [3.8, 4) is 11.3 Å². The average molecular weight is 313 g/mol. The predicted molar refractivity (Wildman–Crippen MR) is 95.5 cm³/mol. The van der Waals surface area contributed by atoms with Crippen LogP contribution in [0.25, 0.3) is 32.6 Å². The van der Waals surface area contributed by atoms with E-state index in [0.717, 1.165) is 35.0 Å². The van der Waals surface area contributed by atoms with Gasteiger partial charge in [-0.2, -0.15) is 0 Å². The molecule has 0 unspecified atom stereocenters. The average Bonchev–Trinajstić information content (AvgIpc) is 2.60. The second kappa shape index (κ2) is 6.34. The quantitative estimate of drug-likeness (QED) is 0.356. The van der Waals surface area contributed by atoms with E-state index in [1.807, 2.05) is 30.3 Å². The lowest BCUT2D eigenvalue weighted by molar-refractivity contribution is 0.272. The Morgan fingerprint density at radius 2 is 2.04 bits per heavy atom. The zero-order valence-corrected chi connectivity index (χ0v) is 13.3. The molecule has 1 aliphatic carbocycles. The predicted octanol–water partition coefficient (Wildman–Crippen LogP) is 5.51. The van der Waals surface area contributed by atoms with Crippen LogP contribution < -0.4 is 0 Å². The van der Waals surface area contributed by atoms with Crippen molar-refractivity contribution in [2.45, 2.75) is 18.8 Å². The molecule has 0 spiro atoms. The van der Waals surface area contributed by atoms with Gasteiger partial charge in [-0.05, 0) is 54.0 Å². The van der Waals surface area contributed by atoms with Crippen LogP contribution in [0.2, 0.25) is 0 Å². The van der Waals surface area contributed by atoms with Crippen LogP contribution in [0, 0.1) is 12.0 Å². The van der Waals surface area contributed by atoms with Gasteiger partial charge in [-0.3, -0.25) is 0 Å². The van der Waals surface area contributed by atoms with Crippen LogP contribution in [0.3, 0.4) is 0 Å². The first-order valence-corrected chi connectivity index (χ1v) is 8.22. The van der Waals surface area contributed by atoms with E-state index in [1.54, 1.807) is 0 Å². The molecule has 3 aromatic rings. The summed E-state index contributed by atoms with van der Waals surface area (Å²) in [5.41, 5.74) is 13.0. The Balaban J connectivity index is 1.74. The van der Waals surface area contributed by atoms with Crippen molar-refractivity contribution in [1.82, 2.24) is 4.98 Å². The third kappa shape index (κ3) is 2.72. The van der Waals surface area contributed by atoms with E-state index >= 15 is 0 Å². The molecule has 1 saturated carbocycles. The summed E-state index contributed by atoms with van der Waals surface area (Å²) in [4.78, 5) is 7.79. The van der Waals surface area contributed by atoms with E-state index in [-0.39, 0.29) is 0 Å². The van der Waals surface area contributed by atoms with Crippen LogP contribution in [0.1, 0.15) is 24.3 Å². The van der Waals surface area contributed by atoms with E-state index in [2.05, 4.69) is 40.4 Å². The van der Waals surface area contributed by atoms with Gasteiger partial charge in [-0.15, -0.1) is 0 Å². The van der Waals surface area contributed by atoms with Crippen LogP contribution in [-0.2, 0) is 0 Å². The number of azide groups is 1. The second-order valence-corrected chi connectivity index (χ2v) is 6.36. The standard InChI is InChI=1S/C20H17N4/c21-24-22-13-14-10-17(11-14)18-12-16-8-4-5-9-19(16)23-20(18)15-6-2-1-3-7-15/h1-4,6-9,12,14,17H,10-11,13H2. The Hall–Kier alpha value is -2.84. The maximum Gasteiger partial charge on any atom is 0.0744 e. The molecule has 4 rings (SSSR count). The van der Waals surface area contributed by atoms with Crippen LogP contribution in [0.15, 0.2) is 59.7 Å². The monoisotopic (exact) mass is 313 g/mol. The van der Waals surface area contributed by atoms with E-state index < -0.39 is 0 Å². The number of nitrogens with zero attached hydrogens (tertiary/aromatic N) is 4. The molecule has 1 fully saturated rings. The molecule has 0 atom stereocenters. The highest BCUT2D eigenvalue weighted by molar-refractivity contribution is 5.83. The summed E-state index contributed by atoms with van der Waals surface area (Å²) in [5.74, 6) is 0.981. The maximum absolute atomic E-state index is 8.47. The lowest BCUT2D eigenvalue weighted by atomic mass is 9.70. The molecule has 24 heavy (non-hydrogen) atoms. The highest BCUT2D eigenvalue weighted by Gasteiger charge is 2.32. The number of rotatable bonds is 4. The molecule has 2 aromatic carbocycles. The van der Waals surface area contributed by atoms with Gasteiger partial charge in [0, 0.05) is 22.4 Å². The molecule has 4 nitrogen and oxygen atoms in total. The summed E-state index contributed by atoms with van der Waals surface area (Å²) >= 11 is 0. The van der Waals surface area contributed by atoms with Gasteiger partial charge in [0.15, 0.2) is 0 Å². The minimum absolute atomic E-state index is 0.486. The van der Waals surface area contributed by atoms with Crippen molar-refractivity contribution in [2.24, 2.45) is 11.0 Å². The number of pyridine rings is 1. The summed E-state index contributed by atoms with van der Waals surface area (Å²) in [6.07, 6.45) is 2.12. The van der Waals surface area contributed by atoms with Gasteiger partial charge in [0.1, 0.15) is 0 Å². The van der Waals surface area contributed by atoms with Crippen molar-refractivity contribution >= 4 is 10.9 Å². The molecular formula is C20H17N4. The third-order valence-corrected chi connectivity index (χ3v) is 4.82. The molecule has 1 aromatic heterocycles. The number of benzene rings is 2. The Bertz CT molecular complexity index is 907. The van der Waals surface area contributed by atoms with Crippen molar-refractivity contribution < 1.29 is 0 Å². The molecule has 117 valence electrons. The first-order chi connectivity index (χ1) is 11.8. The van der Waals surface area contributed by atoms with E-state index in [0.29, 0.717) is 18.4 Å². The molecule has 1 radical (unpaired) electrons. The largest absolute Gasteiger partial charge is 0.247 e. The van der Waals surface area contributed by atoms with E-state index in [9.17, 15) is 0 Å².